The van der Waals surface area contributed by atoms with Gasteiger partial charge < -0.3 is 4.90 Å². The summed E-state index contributed by atoms with van der Waals surface area (Å²) < 4.78 is 0. The summed E-state index contributed by atoms with van der Waals surface area (Å²) in [6.45, 7) is 4.07. The van der Waals surface area contributed by atoms with E-state index in [9.17, 15) is 4.79 Å². The topological polar surface area (TPSA) is 56.2 Å². The van der Waals surface area contributed by atoms with E-state index in [4.69, 9.17) is 5.41 Å². The second kappa shape index (κ2) is 4.07. The van der Waals surface area contributed by atoms with Gasteiger partial charge in [-0.05, 0) is 26.7 Å². The van der Waals surface area contributed by atoms with E-state index in [0.717, 1.165) is 25.7 Å². The molecule has 1 saturated carbocycles. The predicted octanol–water partition coefficient (Wildman–Crippen LogP) is 2.49. The Kier molecular flexibility index (Phi) is 2.91. The van der Waals surface area contributed by atoms with Crippen molar-refractivity contribution in [1.29, 1.82) is 5.41 Å². The normalized spacial score (nSPS) is 25.1. The van der Waals surface area contributed by atoms with Gasteiger partial charge >= 0.3 is 6.03 Å². The molecule has 2 amide bonds. The molecule has 4 nitrogen and oxygen atoms in total. The summed E-state index contributed by atoms with van der Waals surface area (Å²) in [4.78, 5) is 13.8. The van der Waals surface area contributed by atoms with Gasteiger partial charge in [-0.3, -0.25) is 10.7 Å². The fourth-order valence-corrected chi connectivity index (χ4v) is 3.13. The highest BCUT2D eigenvalue weighted by Gasteiger charge is 2.50. The molecule has 1 spiro atoms. The zero-order valence-corrected chi connectivity index (χ0v) is 10.2. The maximum absolute atomic E-state index is 11.9. The lowest BCUT2D eigenvalue weighted by Gasteiger charge is -2.38. The van der Waals surface area contributed by atoms with Crippen LogP contribution in [0.25, 0.3) is 0 Å². The molecule has 0 unspecified atom stereocenters. The van der Waals surface area contributed by atoms with Crippen LogP contribution in [0.3, 0.4) is 0 Å². The van der Waals surface area contributed by atoms with Crippen molar-refractivity contribution in [3.63, 3.8) is 0 Å². The van der Waals surface area contributed by atoms with Gasteiger partial charge in [0.05, 0.1) is 0 Å². The zero-order valence-electron chi connectivity index (χ0n) is 10.2. The molecule has 16 heavy (non-hydrogen) atoms. The first-order valence-electron chi connectivity index (χ1n) is 6.27. The third-order valence-corrected chi connectivity index (χ3v) is 3.82. The third-order valence-electron chi connectivity index (χ3n) is 3.82. The zero-order chi connectivity index (χ0) is 11.8. The Morgan fingerprint density at radius 3 is 2.31 bits per heavy atom. The van der Waals surface area contributed by atoms with E-state index in [1.165, 1.54) is 12.8 Å². The van der Waals surface area contributed by atoms with Crippen LogP contribution in [-0.2, 0) is 0 Å². The Balaban J connectivity index is 2.33. The Morgan fingerprint density at radius 1 is 1.25 bits per heavy atom. The molecule has 1 saturated heterocycles. The van der Waals surface area contributed by atoms with Gasteiger partial charge in [0.25, 0.3) is 0 Å². The molecule has 0 aromatic heterocycles. The Hall–Kier alpha value is -1.06. The molecule has 0 radical (unpaired) electrons. The fourth-order valence-electron chi connectivity index (χ4n) is 3.13. The van der Waals surface area contributed by atoms with Crippen molar-refractivity contribution in [2.75, 3.05) is 0 Å². The van der Waals surface area contributed by atoms with E-state index in [0.29, 0.717) is 5.84 Å². The van der Waals surface area contributed by atoms with Crippen LogP contribution in [0.2, 0.25) is 0 Å². The summed E-state index contributed by atoms with van der Waals surface area (Å²) in [6, 6.07) is 0.0860. The smallest absolute Gasteiger partial charge is 0.309 e. The van der Waals surface area contributed by atoms with Crippen LogP contribution in [0.4, 0.5) is 4.79 Å². The van der Waals surface area contributed by atoms with Crippen LogP contribution < -0.4 is 5.32 Å². The summed E-state index contributed by atoms with van der Waals surface area (Å²) in [5.41, 5.74) is -0.318. The highest BCUT2D eigenvalue weighted by molar-refractivity contribution is 6.08. The fraction of sp³-hybridized carbons (Fsp3) is 0.833. The van der Waals surface area contributed by atoms with Crippen molar-refractivity contribution >= 4 is 11.9 Å². The number of hydrogen-bond acceptors (Lipinski definition) is 2. The van der Waals surface area contributed by atoms with Crippen LogP contribution in [-0.4, -0.2) is 28.3 Å². The lowest BCUT2D eigenvalue weighted by molar-refractivity contribution is 0.138. The molecule has 2 rings (SSSR count). The van der Waals surface area contributed by atoms with Crippen molar-refractivity contribution in [2.24, 2.45) is 0 Å². The SMILES string of the molecule is CC(C)N1C(=O)NC(=N)C12CCCCCC2. The van der Waals surface area contributed by atoms with Gasteiger partial charge in [0.2, 0.25) is 0 Å². The third kappa shape index (κ3) is 1.60. The molecule has 0 aromatic carbocycles. The van der Waals surface area contributed by atoms with Gasteiger partial charge in [0, 0.05) is 6.04 Å². The molecule has 2 fully saturated rings. The molecule has 4 heteroatoms. The van der Waals surface area contributed by atoms with Gasteiger partial charge in [-0.25, -0.2) is 4.79 Å². The van der Waals surface area contributed by atoms with Crippen LogP contribution in [0.15, 0.2) is 0 Å². The number of urea groups is 1. The van der Waals surface area contributed by atoms with Crippen LogP contribution in [0.1, 0.15) is 52.4 Å². The number of carbonyl (C=O) groups is 1. The van der Waals surface area contributed by atoms with Gasteiger partial charge in [0.15, 0.2) is 0 Å². The monoisotopic (exact) mass is 223 g/mol. The van der Waals surface area contributed by atoms with E-state index < -0.39 is 0 Å². The molecular formula is C12H21N3O. The minimum Gasteiger partial charge on any atom is -0.309 e. The summed E-state index contributed by atoms with van der Waals surface area (Å²) in [7, 11) is 0. The molecule has 0 aromatic rings. The molecule has 1 aliphatic carbocycles. The number of carbonyl (C=O) groups excluding carboxylic acids is 1. The number of amides is 2. The summed E-state index contributed by atoms with van der Waals surface area (Å²) in [5.74, 6) is 0.424. The van der Waals surface area contributed by atoms with Crippen molar-refractivity contribution in [1.82, 2.24) is 10.2 Å². The highest BCUT2D eigenvalue weighted by atomic mass is 16.2. The molecule has 90 valence electrons. The molecule has 2 N–H and O–H groups in total. The lowest BCUT2D eigenvalue weighted by Crippen LogP contribution is -2.52. The van der Waals surface area contributed by atoms with Gasteiger partial charge in [-0.2, -0.15) is 0 Å². The quantitative estimate of drug-likeness (QED) is 0.705. The van der Waals surface area contributed by atoms with E-state index in [2.05, 4.69) is 5.32 Å². The number of amidine groups is 1. The number of nitrogens with one attached hydrogen (secondary N) is 2. The van der Waals surface area contributed by atoms with Gasteiger partial charge in [-0.15, -0.1) is 0 Å². The van der Waals surface area contributed by atoms with E-state index in [1.807, 2.05) is 18.7 Å². The highest BCUT2D eigenvalue weighted by Crippen LogP contribution is 2.37. The maximum atomic E-state index is 11.9. The van der Waals surface area contributed by atoms with Crippen LogP contribution in [0.5, 0.6) is 0 Å². The van der Waals surface area contributed by atoms with Crippen LogP contribution >= 0.6 is 0 Å². The average molecular weight is 223 g/mol. The van der Waals surface area contributed by atoms with Crippen molar-refractivity contribution < 1.29 is 4.79 Å². The first-order chi connectivity index (χ1) is 7.58. The average Bonchev–Trinajstić information content (AvgIpc) is 2.40. The van der Waals surface area contributed by atoms with Gasteiger partial charge in [-0.1, -0.05) is 25.7 Å². The van der Waals surface area contributed by atoms with Crippen molar-refractivity contribution in [3.05, 3.63) is 0 Å². The molecule has 1 aliphatic heterocycles. The molecule has 0 bridgehead atoms. The van der Waals surface area contributed by atoms with Crippen molar-refractivity contribution in [2.45, 2.75) is 64.0 Å². The number of rotatable bonds is 1. The standard InChI is InChI=1S/C12H21N3O/c1-9(2)15-11(16)14-10(13)12(15)7-5-3-4-6-8-12/h9H,3-8H2,1-2H3,(H2,13,14,16). The second-order valence-corrected chi connectivity index (χ2v) is 5.21. The van der Waals surface area contributed by atoms with E-state index in [1.54, 1.807) is 0 Å². The minimum atomic E-state index is -0.318. The van der Waals surface area contributed by atoms with Crippen molar-refractivity contribution in [3.8, 4) is 0 Å². The predicted molar refractivity (Wildman–Crippen MR) is 63.7 cm³/mol. The van der Waals surface area contributed by atoms with E-state index >= 15 is 0 Å². The summed E-state index contributed by atoms with van der Waals surface area (Å²) in [6.07, 6.45) is 6.61. The maximum Gasteiger partial charge on any atom is 0.323 e. The first-order valence-corrected chi connectivity index (χ1v) is 6.27. The molecular weight excluding hydrogens is 202 g/mol. The molecule has 2 aliphatic rings. The molecule has 0 atom stereocenters. The Labute approximate surface area is 96.9 Å². The Bertz CT molecular complexity index is 303. The lowest BCUT2D eigenvalue weighted by atomic mass is 9.87. The Morgan fingerprint density at radius 2 is 1.81 bits per heavy atom. The molecule has 1 heterocycles. The first kappa shape index (κ1) is 11.4. The largest absolute Gasteiger partial charge is 0.323 e. The van der Waals surface area contributed by atoms with E-state index in [-0.39, 0.29) is 17.6 Å². The van der Waals surface area contributed by atoms with Crippen LogP contribution in [0, 0.1) is 5.41 Å². The summed E-state index contributed by atoms with van der Waals surface area (Å²) in [5, 5.41) is 10.8. The minimum absolute atomic E-state index is 0.0816. The van der Waals surface area contributed by atoms with Gasteiger partial charge in [0.1, 0.15) is 11.4 Å². The number of nitrogens with zero attached hydrogens (tertiary/aromatic N) is 1. The second-order valence-electron chi connectivity index (χ2n) is 5.21. The number of hydrogen-bond donors (Lipinski definition) is 2. The summed E-state index contributed by atoms with van der Waals surface area (Å²) >= 11 is 0.